The third-order valence-electron chi connectivity index (χ3n) is 5.00. The fourth-order valence-corrected chi connectivity index (χ4v) is 3.26. The van der Waals surface area contributed by atoms with E-state index >= 15 is 0 Å². The van der Waals surface area contributed by atoms with E-state index in [1.54, 1.807) is 36.4 Å². The summed E-state index contributed by atoms with van der Waals surface area (Å²) in [5.41, 5.74) is 2.74. The predicted molar refractivity (Wildman–Crippen MR) is 115 cm³/mol. The summed E-state index contributed by atoms with van der Waals surface area (Å²) in [6.45, 7) is 5.82. The maximum Gasteiger partial charge on any atom is 0.235 e. The first kappa shape index (κ1) is 19.7. The molecular formula is C25H22O5. The second kappa shape index (κ2) is 8.03. The minimum absolute atomic E-state index is 0.0338. The van der Waals surface area contributed by atoms with Crippen LogP contribution in [-0.2, 0) is 0 Å². The van der Waals surface area contributed by atoms with Gasteiger partial charge in [0.2, 0.25) is 16.9 Å². The van der Waals surface area contributed by atoms with Crippen LogP contribution in [0.25, 0.3) is 22.5 Å². The van der Waals surface area contributed by atoms with E-state index in [0.717, 1.165) is 11.1 Å². The fourth-order valence-electron chi connectivity index (χ4n) is 3.26. The third-order valence-corrected chi connectivity index (χ3v) is 5.00. The first-order chi connectivity index (χ1) is 14.4. The Morgan fingerprint density at radius 1 is 1.07 bits per heavy atom. The van der Waals surface area contributed by atoms with Crippen molar-refractivity contribution in [1.29, 1.82) is 0 Å². The average Bonchev–Trinajstić information content (AvgIpc) is 3.27. The lowest BCUT2D eigenvalue weighted by atomic mass is 10.0. The molecule has 2 aromatic heterocycles. The van der Waals surface area contributed by atoms with Crippen LogP contribution >= 0.6 is 0 Å². The minimum atomic E-state index is -0.342. The number of aryl methyl sites for hydroxylation is 1. The summed E-state index contributed by atoms with van der Waals surface area (Å²) >= 11 is 0. The van der Waals surface area contributed by atoms with Crippen LogP contribution in [0.4, 0.5) is 0 Å². The van der Waals surface area contributed by atoms with Gasteiger partial charge in [0, 0.05) is 5.56 Å². The maximum absolute atomic E-state index is 13.1. The number of rotatable bonds is 6. The summed E-state index contributed by atoms with van der Waals surface area (Å²) in [6.07, 6.45) is 1.49. The van der Waals surface area contributed by atoms with Gasteiger partial charge in [-0.2, -0.15) is 0 Å². The first-order valence-electron chi connectivity index (χ1n) is 9.81. The Morgan fingerprint density at radius 3 is 2.50 bits per heavy atom. The van der Waals surface area contributed by atoms with Crippen LogP contribution < -0.4 is 10.2 Å². The molecule has 4 rings (SSSR count). The predicted octanol–water partition coefficient (Wildman–Crippen LogP) is 5.75. The van der Waals surface area contributed by atoms with E-state index in [9.17, 15) is 9.59 Å². The number of fused-ring (bicyclic) bond motifs is 1. The van der Waals surface area contributed by atoms with Gasteiger partial charge in [0.15, 0.2) is 18.2 Å². The molecule has 5 nitrogen and oxygen atoms in total. The van der Waals surface area contributed by atoms with Crippen molar-refractivity contribution in [3.63, 3.8) is 0 Å². The summed E-state index contributed by atoms with van der Waals surface area (Å²) < 4.78 is 17.1. The standard InChI is InChI=1S/C25H22O5/c1-15(2)17-7-9-18(10-8-17)20(26)14-29-25-23(27)19-11-6-16(3)13-22(19)30-24(25)21-5-4-12-28-21/h4-13,15H,14H2,1-3H3. The lowest BCUT2D eigenvalue weighted by Crippen LogP contribution is -2.17. The van der Waals surface area contributed by atoms with Crippen molar-refractivity contribution in [2.45, 2.75) is 26.7 Å². The molecule has 0 fully saturated rings. The van der Waals surface area contributed by atoms with Crippen molar-refractivity contribution in [2.75, 3.05) is 6.61 Å². The molecule has 0 N–H and O–H groups in total. The third kappa shape index (κ3) is 3.79. The van der Waals surface area contributed by atoms with E-state index in [2.05, 4.69) is 13.8 Å². The number of carbonyl (C=O) groups is 1. The molecule has 0 aliphatic rings. The molecule has 0 amide bonds. The molecule has 0 bridgehead atoms. The van der Waals surface area contributed by atoms with Crippen LogP contribution in [0.15, 0.2) is 74.5 Å². The van der Waals surface area contributed by atoms with Crippen LogP contribution in [0.1, 0.15) is 41.3 Å². The number of furan rings is 1. The van der Waals surface area contributed by atoms with E-state index in [1.165, 1.54) is 6.26 Å². The van der Waals surface area contributed by atoms with Gasteiger partial charge in [-0.05, 0) is 48.2 Å². The highest BCUT2D eigenvalue weighted by molar-refractivity contribution is 5.97. The van der Waals surface area contributed by atoms with Crippen molar-refractivity contribution < 1.29 is 18.4 Å². The molecule has 0 aliphatic carbocycles. The zero-order valence-corrected chi connectivity index (χ0v) is 17.1. The van der Waals surface area contributed by atoms with E-state index in [-0.39, 0.29) is 29.3 Å². The van der Waals surface area contributed by atoms with Crippen molar-refractivity contribution in [1.82, 2.24) is 0 Å². The van der Waals surface area contributed by atoms with Crippen molar-refractivity contribution in [3.05, 3.63) is 87.8 Å². The Kier molecular flexibility index (Phi) is 5.27. The first-order valence-corrected chi connectivity index (χ1v) is 9.81. The van der Waals surface area contributed by atoms with Crippen molar-refractivity contribution >= 4 is 16.8 Å². The van der Waals surface area contributed by atoms with E-state index in [4.69, 9.17) is 13.6 Å². The number of hydrogen-bond donors (Lipinski definition) is 0. The van der Waals surface area contributed by atoms with E-state index in [0.29, 0.717) is 28.2 Å². The van der Waals surface area contributed by atoms with Crippen LogP contribution in [-0.4, -0.2) is 12.4 Å². The molecule has 5 heteroatoms. The van der Waals surface area contributed by atoms with E-state index in [1.807, 2.05) is 25.1 Å². The quantitative estimate of drug-likeness (QED) is 0.384. The van der Waals surface area contributed by atoms with Gasteiger partial charge in [0.1, 0.15) is 5.58 Å². The zero-order chi connectivity index (χ0) is 21.3. The second-order valence-electron chi connectivity index (χ2n) is 7.55. The van der Waals surface area contributed by atoms with Crippen LogP contribution in [0.5, 0.6) is 5.75 Å². The van der Waals surface area contributed by atoms with Gasteiger partial charge < -0.3 is 13.6 Å². The number of benzene rings is 2. The van der Waals surface area contributed by atoms with Crippen LogP contribution in [0, 0.1) is 6.92 Å². The molecule has 0 radical (unpaired) electrons. The molecule has 30 heavy (non-hydrogen) atoms. The maximum atomic E-state index is 13.1. The van der Waals surface area contributed by atoms with Gasteiger partial charge in [-0.1, -0.05) is 44.2 Å². The molecule has 0 atom stereocenters. The molecule has 0 aliphatic heterocycles. The summed E-state index contributed by atoms with van der Waals surface area (Å²) in [7, 11) is 0. The smallest absolute Gasteiger partial charge is 0.235 e. The highest BCUT2D eigenvalue weighted by Crippen LogP contribution is 2.31. The monoisotopic (exact) mass is 402 g/mol. The van der Waals surface area contributed by atoms with Crippen LogP contribution in [0.3, 0.4) is 0 Å². The number of Topliss-reactive ketones (excluding diaryl/α,β-unsaturated/α-hetero) is 1. The SMILES string of the molecule is Cc1ccc2c(=O)c(OCC(=O)c3ccc(C(C)C)cc3)c(-c3ccco3)oc2c1. The lowest BCUT2D eigenvalue weighted by molar-refractivity contribution is 0.0920. The van der Waals surface area contributed by atoms with E-state index < -0.39 is 0 Å². The zero-order valence-electron chi connectivity index (χ0n) is 17.1. The number of ketones is 1. The van der Waals surface area contributed by atoms with Crippen molar-refractivity contribution in [3.8, 4) is 17.3 Å². The van der Waals surface area contributed by atoms with Gasteiger partial charge in [-0.25, -0.2) is 0 Å². The molecular weight excluding hydrogens is 380 g/mol. The topological polar surface area (TPSA) is 69.7 Å². The Morgan fingerprint density at radius 2 is 1.83 bits per heavy atom. The summed E-state index contributed by atoms with van der Waals surface area (Å²) in [6, 6.07) is 16.1. The molecule has 0 spiro atoms. The van der Waals surface area contributed by atoms with Gasteiger partial charge in [0.25, 0.3) is 0 Å². The molecule has 2 heterocycles. The summed E-state index contributed by atoms with van der Waals surface area (Å²) in [4.78, 5) is 25.7. The Bertz CT molecular complexity index is 1250. The van der Waals surface area contributed by atoms with Gasteiger partial charge in [-0.15, -0.1) is 0 Å². The number of carbonyl (C=O) groups excluding carboxylic acids is 1. The Balaban J connectivity index is 1.68. The number of ether oxygens (including phenoxy) is 1. The van der Waals surface area contributed by atoms with Crippen LogP contribution in [0.2, 0.25) is 0 Å². The molecule has 4 aromatic rings. The fraction of sp³-hybridized carbons (Fsp3) is 0.200. The molecule has 0 saturated heterocycles. The van der Waals surface area contributed by atoms with Gasteiger partial charge >= 0.3 is 0 Å². The normalized spacial score (nSPS) is 11.2. The van der Waals surface area contributed by atoms with Gasteiger partial charge in [0.05, 0.1) is 11.6 Å². The second-order valence-corrected chi connectivity index (χ2v) is 7.55. The molecule has 152 valence electrons. The average molecular weight is 402 g/mol. The summed E-state index contributed by atoms with van der Waals surface area (Å²) in [5.74, 6) is 0.657. The molecule has 2 aromatic carbocycles. The lowest BCUT2D eigenvalue weighted by Gasteiger charge is -2.11. The largest absolute Gasteiger partial charge is 0.478 e. The summed E-state index contributed by atoms with van der Waals surface area (Å²) in [5, 5.41) is 0.389. The Labute approximate surface area is 173 Å². The van der Waals surface area contributed by atoms with Crippen molar-refractivity contribution in [2.24, 2.45) is 0 Å². The highest BCUT2D eigenvalue weighted by Gasteiger charge is 2.21. The molecule has 0 saturated carbocycles. The Hall–Kier alpha value is -3.60. The minimum Gasteiger partial charge on any atom is -0.478 e. The number of hydrogen-bond acceptors (Lipinski definition) is 5. The molecule has 0 unspecified atom stereocenters. The highest BCUT2D eigenvalue weighted by atomic mass is 16.5. The van der Waals surface area contributed by atoms with Gasteiger partial charge in [-0.3, -0.25) is 9.59 Å².